The summed E-state index contributed by atoms with van der Waals surface area (Å²) < 4.78 is 5.26. The first-order chi connectivity index (χ1) is 9.31. The fraction of sp³-hybridized carbons (Fsp3) is 0.733. The SMILES string of the molecule is CCCc1nc(NC2CCCCCC2)cc(OC)n1. The van der Waals surface area contributed by atoms with Gasteiger partial charge in [0.2, 0.25) is 5.88 Å². The molecule has 4 nitrogen and oxygen atoms in total. The number of ether oxygens (including phenoxy) is 1. The number of hydrogen-bond donors (Lipinski definition) is 1. The molecule has 0 aliphatic heterocycles. The molecule has 19 heavy (non-hydrogen) atoms. The van der Waals surface area contributed by atoms with Crippen LogP contribution in [0.1, 0.15) is 57.7 Å². The molecule has 0 saturated heterocycles. The summed E-state index contributed by atoms with van der Waals surface area (Å²) in [4.78, 5) is 8.97. The molecule has 1 aromatic rings. The molecule has 2 rings (SSSR count). The molecule has 106 valence electrons. The van der Waals surface area contributed by atoms with Gasteiger partial charge in [0.15, 0.2) is 0 Å². The van der Waals surface area contributed by atoms with Crippen LogP contribution in [0.15, 0.2) is 6.07 Å². The minimum Gasteiger partial charge on any atom is -0.481 e. The second-order valence-electron chi connectivity index (χ2n) is 5.29. The third-order valence-corrected chi connectivity index (χ3v) is 3.64. The third-order valence-electron chi connectivity index (χ3n) is 3.64. The zero-order valence-corrected chi connectivity index (χ0v) is 12.1. The standard InChI is InChI=1S/C15H25N3O/c1-3-8-13-17-14(11-15(18-13)19-2)16-12-9-6-4-5-7-10-12/h11-12H,3-10H2,1-2H3,(H,16,17,18). The lowest BCUT2D eigenvalue weighted by Crippen LogP contribution is -2.19. The molecule has 1 heterocycles. The fourth-order valence-electron chi connectivity index (χ4n) is 2.62. The maximum Gasteiger partial charge on any atom is 0.218 e. The second kappa shape index (κ2) is 7.31. The quantitative estimate of drug-likeness (QED) is 0.825. The Labute approximate surface area is 116 Å². The Morgan fingerprint density at radius 2 is 1.95 bits per heavy atom. The predicted octanol–water partition coefficient (Wildman–Crippen LogP) is 3.57. The molecule has 0 radical (unpaired) electrons. The number of hydrogen-bond acceptors (Lipinski definition) is 4. The summed E-state index contributed by atoms with van der Waals surface area (Å²) in [5, 5.41) is 3.56. The highest BCUT2D eigenvalue weighted by Crippen LogP contribution is 2.22. The van der Waals surface area contributed by atoms with Crippen molar-refractivity contribution in [3.8, 4) is 5.88 Å². The van der Waals surface area contributed by atoms with E-state index in [1.807, 2.05) is 6.07 Å². The average Bonchev–Trinajstić information content (AvgIpc) is 2.67. The Kier molecular flexibility index (Phi) is 5.43. The summed E-state index contributed by atoms with van der Waals surface area (Å²) in [5.74, 6) is 2.45. The van der Waals surface area contributed by atoms with Crippen molar-refractivity contribution in [2.45, 2.75) is 64.3 Å². The number of nitrogens with one attached hydrogen (secondary N) is 1. The summed E-state index contributed by atoms with van der Waals surface area (Å²) in [5.41, 5.74) is 0. The summed E-state index contributed by atoms with van der Waals surface area (Å²) in [7, 11) is 1.66. The van der Waals surface area contributed by atoms with Gasteiger partial charge in [0.1, 0.15) is 11.6 Å². The normalized spacial score (nSPS) is 16.9. The lowest BCUT2D eigenvalue weighted by molar-refractivity contribution is 0.394. The minimum atomic E-state index is 0.552. The van der Waals surface area contributed by atoms with Crippen molar-refractivity contribution in [1.82, 2.24) is 9.97 Å². The van der Waals surface area contributed by atoms with Crippen molar-refractivity contribution < 1.29 is 4.74 Å². The van der Waals surface area contributed by atoms with Crippen LogP contribution in [0.2, 0.25) is 0 Å². The second-order valence-corrected chi connectivity index (χ2v) is 5.29. The maximum atomic E-state index is 5.26. The van der Waals surface area contributed by atoms with Gasteiger partial charge < -0.3 is 10.1 Å². The van der Waals surface area contributed by atoms with Crippen molar-refractivity contribution in [1.29, 1.82) is 0 Å². The first-order valence-electron chi connectivity index (χ1n) is 7.50. The Morgan fingerprint density at radius 1 is 1.21 bits per heavy atom. The fourth-order valence-corrected chi connectivity index (χ4v) is 2.62. The molecule has 1 saturated carbocycles. The van der Waals surface area contributed by atoms with Crippen molar-refractivity contribution in [3.05, 3.63) is 11.9 Å². The van der Waals surface area contributed by atoms with E-state index in [0.29, 0.717) is 11.9 Å². The van der Waals surface area contributed by atoms with E-state index < -0.39 is 0 Å². The molecule has 1 aliphatic carbocycles. The van der Waals surface area contributed by atoms with Crippen LogP contribution in [0.4, 0.5) is 5.82 Å². The Bertz CT molecular complexity index is 387. The van der Waals surface area contributed by atoms with E-state index in [4.69, 9.17) is 4.74 Å². The number of anilines is 1. The van der Waals surface area contributed by atoms with Crippen LogP contribution in [-0.4, -0.2) is 23.1 Å². The molecule has 0 unspecified atom stereocenters. The van der Waals surface area contributed by atoms with E-state index >= 15 is 0 Å². The molecule has 0 aromatic carbocycles. The summed E-state index contributed by atoms with van der Waals surface area (Å²) in [6.07, 6.45) is 9.82. The molecule has 0 atom stereocenters. The Hall–Kier alpha value is -1.32. The van der Waals surface area contributed by atoms with E-state index in [2.05, 4.69) is 22.2 Å². The topological polar surface area (TPSA) is 47.0 Å². The van der Waals surface area contributed by atoms with E-state index in [1.165, 1.54) is 38.5 Å². The van der Waals surface area contributed by atoms with Gasteiger partial charge in [-0.25, -0.2) is 4.98 Å². The van der Waals surface area contributed by atoms with Gasteiger partial charge in [0, 0.05) is 18.5 Å². The molecule has 0 spiro atoms. The van der Waals surface area contributed by atoms with E-state index in [9.17, 15) is 0 Å². The van der Waals surface area contributed by atoms with Crippen LogP contribution in [0, 0.1) is 0 Å². The number of nitrogens with zero attached hydrogens (tertiary/aromatic N) is 2. The largest absolute Gasteiger partial charge is 0.481 e. The van der Waals surface area contributed by atoms with Crippen LogP contribution in [0.3, 0.4) is 0 Å². The smallest absolute Gasteiger partial charge is 0.218 e. The lowest BCUT2D eigenvalue weighted by Gasteiger charge is -2.17. The first kappa shape index (κ1) is 14.1. The average molecular weight is 263 g/mol. The van der Waals surface area contributed by atoms with E-state index in [1.54, 1.807) is 7.11 Å². The predicted molar refractivity (Wildman–Crippen MR) is 77.7 cm³/mol. The van der Waals surface area contributed by atoms with Crippen LogP contribution in [0.25, 0.3) is 0 Å². The molecule has 1 aliphatic rings. The Morgan fingerprint density at radius 3 is 2.58 bits per heavy atom. The monoisotopic (exact) mass is 263 g/mol. The van der Waals surface area contributed by atoms with Gasteiger partial charge in [0.05, 0.1) is 7.11 Å². The summed E-state index contributed by atoms with van der Waals surface area (Å²) >= 11 is 0. The van der Waals surface area contributed by atoms with Crippen molar-refractivity contribution >= 4 is 5.82 Å². The zero-order valence-electron chi connectivity index (χ0n) is 12.1. The van der Waals surface area contributed by atoms with Gasteiger partial charge in [-0.2, -0.15) is 4.98 Å². The maximum absolute atomic E-state index is 5.26. The molecule has 1 fully saturated rings. The molecular formula is C15H25N3O. The number of methoxy groups -OCH3 is 1. The van der Waals surface area contributed by atoms with Gasteiger partial charge in [-0.15, -0.1) is 0 Å². The van der Waals surface area contributed by atoms with Crippen LogP contribution in [0.5, 0.6) is 5.88 Å². The van der Waals surface area contributed by atoms with E-state index in [0.717, 1.165) is 24.5 Å². The van der Waals surface area contributed by atoms with Crippen LogP contribution in [-0.2, 0) is 6.42 Å². The Balaban J connectivity index is 2.06. The van der Waals surface area contributed by atoms with Gasteiger partial charge in [0.25, 0.3) is 0 Å². The number of aryl methyl sites for hydroxylation is 1. The van der Waals surface area contributed by atoms with Crippen molar-refractivity contribution in [3.63, 3.8) is 0 Å². The number of rotatable bonds is 5. The molecule has 0 amide bonds. The minimum absolute atomic E-state index is 0.552. The molecule has 1 N–H and O–H groups in total. The highest BCUT2D eigenvalue weighted by Gasteiger charge is 2.13. The van der Waals surface area contributed by atoms with Gasteiger partial charge in [-0.05, 0) is 19.3 Å². The van der Waals surface area contributed by atoms with Crippen molar-refractivity contribution in [2.75, 3.05) is 12.4 Å². The van der Waals surface area contributed by atoms with E-state index in [-0.39, 0.29) is 0 Å². The molecule has 1 aromatic heterocycles. The summed E-state index contributed by atoms with van der Waals surface area (Å²) in [6.45, 7) is 2.14. The number of aromatic nitrogens is 2. The molecule has 0 bridgehead atoms. The van der Waals surface area contributed by atoms with Gasteiger partial charge in [-0.1, -0.05) is 32.6 Å². The lowest BCUT2D eigenvalue weighted by atomic mass is 10.1. The molecular weight excluding hydrogens is 238 g/mol. The molecule has 4 heteroatoms. The van der Waals surface area contributed by atoms with Crippen LogP contribution >= 0.6 is 0 Å². The summed E-state index contributed by atoms with van der Waals surface area (Å²) in [6, 6.07) is 2.46. The third kappa shape index (κ3) is 4.37. The van der Waals surface area contributed by atoms with Crippen molar-refractivity contribution in [2.24, 2.45) is 0 Å². The van der Waals surface area contributed by atoms with Gasteiger partial charge in [-0.3, -0.25) is 0 Å². The highest BCUT2D eigenvalue weighted by atomic mass is 16.5. The highest BCUT2D eigenvalue weighted by molar-refractivity contribution is 5.39. The van der Waals surface area contributed by atoms with Crippen LogP contribution < -0.4 is 10.1 Å². The zero-order chi connectivity index (χ0) is 13.5. The van der Waals surface area contributed by atoms with Gasteiger partial charge >= 0.3 is 0 Å². The first-order valence-corrected chi connectivity index (χ1v) is 7.50.